The predicted molar refractivity (Wildman–Crippen MR) is 107 cm³/mol. The number of ether oxygens (including phenoxy) is 1. The molecule has 0 fully saturated rings. The van der Waals surface area contributed by atoms with E-state index in [1.165, 1.54) is 16.7 Å². The van der Waals surface area contributed by atoms with E-state index in [1.54, 1.807) is 7.11 Å². The molecule has 0 spiro atoms. The van der Waals surface area contributed by atoms with E-state index in [1.807, 2.05) is 18.2 Å². The van der Waals surface area contributed by atoms with Gasteiger partial charge in [0.2, 0.25) is 0 Å². The molecule has 130 valence electrons. The molecular formula is C23H22N2O. The topological polar surface area (TPSA) is 24.8 Å². The van der Waals surface area contributed by atoms with Crippen LogP contribution in [0.5, 0.6) is 5.75 Å². The third-order valence-electron chi connectivity index (χ3n) is 4.88. The molecule has 1 heterocycles. The molecule has 0 bridgehead atoms. The molecule has 0 radical (unpaired) electrons. The number of hydrogen-bond acceptors (Lipinski definition) is 3. The van der Waals surface area contributed by atoms with Crippen LogP contribution in [0.15, 0.2) is 84.0 Å². The summed E-state index contributed by atoms with van der Waals surface area (Å²) in [7, 11) is 1.70. The van der Waals surface area contributed by atoms with Crippen molar-refractivity contribution < 1.29 is 4.74 Å². The first kappa shape index (κ1) is 16.4. The fraction of sp³-hybridized carbons (Fsp3) is 0.174. The Morgan fingerprint density at radius 2 is 1.58 bits per heavy atom. The molecule has 0 saturated heterocycles. The number of aryl methyl sites for hydroxylation is 1. The third-order valence-corrected chi connectivity index (χ3v) is 4.88. The Labute approximate surface area is 154 Å². The van der Waals surface area contributed by atoms with Gasteiger partial charge in [0.15, 0.2) is 0 Å². The molecule has 0 amide bonds. The van der Waals surface area contributed by atoms with E-state index in [4.69, 9.17) is 9.84 Å². The van der Waals surface area contributed by atoms with Gasteiger partial charge in [0.1, 0.15) is 5.75 Å². The lowest BCUT2D eigenvalue weighted by Gasteiger charge is -2.25. The van der Waals surface area contributed by atoms with Crippen LogP contribution in [0.1, 0.15) is 29.2 Å². The summed E-state index contributed by atoms with van der Waals surface area (Å²) in [6.07, 6.45) is 0.880. The van der Waals surface area contributed by atoms with Gasteiger partial charge < -0.3 is 4.74 Å². The molecule has 3 heteroatoms. The minimum atomic E-state index is 0.178. The predicted octanol–water partition coefficient (Wildman–Crippen LogP) is 5.36. The van der Waals surface area contributed by atoms with Crippen LogP contribution in [0.3, 0.4) is 0 Å². The van der Waals surface area contributed by atoms with E-state index in [-0.39, 0.29) is 6.04 Å². The highest BCUT2D eigenvalue weighted by atomic mass is 16.5. The molecule has 0 saturated carbocycles. The van der Waals surface area contributed by atoms with Crippen molar-refractivity contribution >= 4 is 11.4 Å². The smallest absolute Gasteiger partial charge is 0.118 e. The Bertz CT molecular complexity index is 916. The Morgan fingerprint density at radius 3 is 2.27 bits per heavy atom. The second-order valence-corrected chi connectivity index (χ2v) is 6.54. The van der Waals surface area contributed by atoms with Gasteiger partial charge >= 0.3 is 0 Å². The summed E-state index contributed by atoms with van der Waals surface area (Å²) in [6.45, 7) is 2.14. The Balaban J connectivity index is 1.75. The van der Waals surface area contributed by atoms with Crippen molar-refractivity contribution in [3.8, 4) is 5.75 Å². The van der Waals surface area contributed by atoms with Crippen LogP contribution < -0.4 is 9.75 Å². The zero-order valence-electron chi connectivity index (χ0n) is 15.1. The first-order valence-corrected chi connectivity index (χ1v) is 8.88. The van der Waals surface area contributed by atoms with E-state index < -0.39 is 0 Å². The Morgan fingerprint density at radius 1 is 0.885 bits per heavy atom. The number of hydrogen-bond donors (Lipinski definition) is 0. The summed E-state index contributed by atoms with van der Waals surface area (Å²) in [5.41, 5.74) is 5.92. The molecule has 1 atom stereocenters. The Kier molecular flexibility index (Phi) is 4.44. The minimum Gasteiger partial charge on any atom is -0.497 e. The largest absolute Gasteiger partial charge is 0.497 e. The van der Waals surface area contributed by atoms with Crippen molar-refractivity contribution in [1.82, 2.24) is 0 Å². The van der Waals surface area contributed by atoms with Crippen LogP contribution in [0, 0.1) is 6.92 Å². The monoisotopic (exact) mass is 342 g/mol. The van der Waals surface area contributed by atoms with Gasteiger partial charge in [-0.3, -0.25) is 5.01 Å². The first-order valence-electron chi connectivity index (χ1n) is 8.88. The number of methoxy groups -OCH3 is 1. The van der Waals surface area contributed by atoms with Gasteiger partial charge in [-0.25, -0.2) is 0 Å². The standard InChI is InChI=1S/C23H22N2O/c1-17-8-6-7-11-22(17)25-23(19-12-14-20(26-2)15-13-19)16-21(24-25)18-9-4-3-5-10-18/h3-15,23H,16H2,1-2H3. The zero-order chi connectivity index (χ0) is 17.9. The highest BCUT2D eigenvalue weighted by Crippen LogP contribution is 2.38. The Hall–Kier alpha value is -3.07. The summed E-state index contributed by atoms with van der Waals surface area (Å²) in [6, 6.07) is 27.3. The SMILES string of the molecule is COc1ccc(C2CC(c3ccccc3)=NN2c2ccccc2C)cc1. The van der Waals surface area contributed by atoms with Crippen LogP contribution >= 0.6 is 0 Å². The van der Waals surface area contributed by atoms with Crippen molar-refractivity contribution in [2.24, 2.45) is 5.10 Å². The number of nitrogens with zero attached hydrogens (tertiary/aromatic N) is 2. The number of benzene rings is 3. The number of anilines is 1. The maximum absolute atomic E-state index is 5.31. The normalized spacial score (nSPS) is 16.5. The average Bonchev–Trinajstić information content (AvgIpc) is 3.14. The first-order chi connectivity index (χ1) is 12.8. The average molecular weight is 342 g/mol. The van der Waals surface area contributed by atoms with Gasteiger partial charge in [0, 0.05) is 6.42 Å². The van der Waals surface area contributed by atoms with Crippen LogP contribution in [-0.2, 0) is 0 Å². The second kappa shape index (κ2) is 7.04. The maximum atomic E-state index is 5.31. The molecule has 1 aliphatic heterocycles. The molecule has 1 aliphatic rings. The number of rotatable bonds is 4. The molecule has 3 aromatic carbocycles. The molecule has 0 aromatic heterocycles. The molecule has 4 rings (SSSR count). The lowest BCUT2D eigenvalue weighted by molar-refractivity contribution is 0.414. The van der Waals surface area contributed by atoms with E-state index in [9.17, 15) is 0 Å². The van der Waals surface area contributed by atoms with Gasteiger partial charge in [0.25, 0.3) is 0 Å². The van der Waals surface area contributed by atoms with Crippen LogP contribution in [0.4, 0.5) is 5.69 Å². The summed E-state index contributed by atoms with van der Waals surface area (Å²) in [5.74, 6) is 0.874. The number of para-hydroxylation sites is 1. The van der Waals surface area contributed by atoms with E-state index in [0.29, 0.717) is 0 Å². The van der Waals surface area contributed by atoms with Crippen LogP contribution in [-0.4, -0.2) is 12.8 Å². The summed E-state index contributed by atoms with van der Waals surface area (Å²) in [5, 5.41) is 7.17. The van der Waals surface area contributed by atoms with E-state index >= 15 is 0 Å². The minimum absolute atomic E-state index is 0.178. The van der Waals surface area contributed by atoms with Gasteiger partial charge in [-0.2, -0.15) is 5.10 Å². The fourth-order valence-electron chi connectivity index (χ4n) is 3.44. The van der Waals surface area contributed by atoms with E-state index in [0.717, 1.165) is 23.6 Å². The van der Waals surface area contributed by atoms with Crippen LogP contribution in [0.25, 0.3) is 0 Å². The van der Waals surface area contributed by atoms with Crippen molar-refractivity contribution in [3.63, 3.8) is 0 Å². The van der Waals surface area contributed by atoms with Gasteiger partial charge in [0.05, 0.1) is 24.6 Å². The molecule has 1 unspecified atom stereocenters. The summed E-state index contributed by atoms with van der Waals surface area (Å²) >= 11 is 0. The number of hydrazone groups is 1. The van der Waals surface area contributed by atoms with Gasteiger partial charge in [-0.05, 0) is 41.8 Å². The van der Waals surface area contributed by atoms with Crippen molar-refractivity contribution in [1.29, 1.82) is 0 Å². The quantitative estimate of drug-likeness (QED) is 0.637. The molecule has 3 aromatic rings. The second-order valence-electron chi connectivity index (χ2n) is 6.54. The molecule has 3 nitrogen and oxygen atoms in total. The van der Waals surface area contributed by atoms with Gasteiger partial charge in [-0.15, -0.1) is 0 Å². The molecule has 26 heavy (non-hydrogen) atoms. The highest BCUT2D eigenvalue weighted by Gasteiger charge is 2.30. The summed E-state index contributed by atoms with van der Waals surface area (Å²) < 4.78 is 5.31. The van der Waals surface area contributed by atoms with Crippen LogP contribution in [0.2, 0.25) is 0 Å². The van der Waals surface area contributed by atoms with Crippen molar-refractivity contribution in [3.05, 3.63) is 95.6 Å². The third kappa shape index (κ3) is 3.08. The lowest BCUT2D eigenvalue weighted by atomic mass is 9.98. The molecule has 0 aliphatic carbocycles. The zero-order valence-corrected chi connectivity index (χ0v) is 15.1. The van der Waals surface area contributed by atoms with Crippen molar-refractivity contribution in [2.75, 3.05) is 12.1 Å². The van der Waals surface area contributed by atoms with E-state index in [2.05, 4.69) is 72.6 Å². The fourth-order valence-corrected chi connectivity index (χ4v) is 3.44. The van der Waals surface area contributed by atoms with Crippen molar-refractivity contribution in [2.45, 2.75) is 19.4 Å². The molecule has 0 N–H and O–H groups in total. The molecular weight excluding hydrogens is 320 g/mol. The lowest BCUT2D eigenvalue weighted by Crippen LogP contribution is -2.19. The highest BCUT2D eigenvalue weighted by molar-refractivity contribution is 6.03. The maximum Gasteiger partial charge on any atom is 0.118 e. The van der Waals surface area contributed by atoms with Gasteiger partial charge in [-0.1, -0.05) is 60.7 Å². The summed E-state index contributed by atoms with van der Waals surface area (Å²) in [4.78, 5) is 0.